The monoisotopic (exact) mass is 228 g/mol. The molecule has 0 spiro atoms. The zero-order valence-corrected chi connectivity index (χ0v) is 9.90. The lowest BCUT2D eigenvalue weighted by Crippen LogP contribution is -2.12. The van der Waals surface area contributed by atoms with Crippen LogP contribution in [0.1, 0.15) is 22.5 Å². The number of nitrogens with zero attached hydrogens (tertiary/aromatic N) is 2. The molecule has 88 valence electrons. The molecule has 17 heavy (non-hydrogen) atoms. The number of fused-ring (bicyclic) bond motifs is 1. The summed E-state index contributed by atoms with van der Waals surface area (Å²) in [5.74, 6) is 0. The van der Waals surface area contributed by atoms with E-state index in [-0.39, 0.29) is 0 Å². The second kappa shape index (κ2) is 3.98. The quantitative estimate of drug-likeness (QED) is 0.813. The predicted molar refractivity (Wildman–Crippen MR) is 66.7 cm³/mol. The summed E-state index contributed by atoms with van der Waals surface area (Å²) >= 11 is 0. The lowest BCUT2D eigenvalue weighted by molar-refractivity contribution is 0.698. The Labute approximate surface area is 100 Å². The van der Waals surface area contributed by atoms with E-state index in [4.69, 9.17) is 5.73 Å². The van der Waals surface area contributed by atoms with Crippen LogP contribution in [0, 0.1) is 6.92 Å². The van der Waals surface area contributed by atoms with Gasteiger partial charge in [-0.2, -0.15) is 5.10 Å². The zero-order chi connectivity index (χ0) is 11.8. The standard InChI is InChI=1S/C13H16N4/c1-9-3-2-4-10(5-9)17-13(6-14)11-7-15-8-12(11)16-17/h2-5,15H,6-8,14H2,1H3. The molecule has 4 heteroatoms. The number of aryl methyl sites for hydroxylation is 1. The van der Waals surface area contributed by atoms with Crippen LogP contribution in [0.15, 0.2) is 24.3 Å². The zero-order valence-electron chi connectivity index (χ0n) is 9.90. The van der Waals surface area contributed by atoms with Crippen molar-refractivity contribution in [1.29, 1.82) is 0 Å². The number of hydrogen-bond donors (Lipinski definition) is 2. The Morgan fingerprint density at radius 3 is 3.06 bits per heavy atom. The number of nitrogens with two attached hydrogens (primary N) is 1. The third-order valence-electron chi connectivity index (χ3n) is 3.21. The fourth-order valence-electron chi connectivity index (χ4n) is 2.37. The second-order valence-corrected chi connectivity index (χ2v) is 4.43. The van der Waals surface area contributed by atoms with Gasteiger partial charge in [0, 0.05) is 25.2 Å². The van der Waals surface area contributed by atoms with Crippen LogP contribution in [0.25, 0.3) is 5.69 Å². The van der Waals surface area contributed by atoms with Crippen LogP contribution < -0.4 is 11.1 Å². The minimum Gasteiger partial charge on any atom is -0.325 e. The summed E-state index contributed by atoms with van der Waals surface area (Å²) in [7, 11) is 0. The number of hydrogen-bond acceptors (Lipinski definition) is 3. The largest absolute Gasteiger partial charge is 0.325 e. The molecule has 1 aromatic carbocycles. The van der Waals surface area contributed by atoms with Crippen molar-refractivity contribution >= 4 is 0 Å². The summed E-state index contributed by atoms with van der Waals surface area (Å²) in [6.45, 7) is 4.34. The van der Waals surface area contributed by atoms with Crippen molar-refractivity contribution in [3.05, 3.63) is 46.8 Å². The molecule has 1 aliphatic heterocycles. The Hall–Kier alpha value is -1.65. The third-order valence-corrected chi connectivity index (χ3v) is 3.21. The molecular weight excluding hydrogens is 212 g/mol. The van der Waals surface area contributed by atoms with Gasteiger partial charge in [-0.15, -0.1) is 0 Å². The van der Waals surface area contributed by atoms with Crippen LogP contribution in [0.2, 0.25) is 0 Å². The summed E-state index contributed by atoms with van der Waals surface area (Å²) in [6.07, 6.45) is 0. The van der Waals surface area contributed by atoms with E-state index >= 15 is 0 Å². The normalized spacial score (nSPS) is 14.0. The van der Waals surface area contributed by atoms with Crippen molar-refractivity contribution in [2.45, 2.75) is 26.6 Å². The average Bonchev–Trinajstić information content (AvgIpc) is 2.88. The van der Waals surface area contributed by atoms with E-state index in [0.29, 0.717) is 6.54 Å². The molecule has 0 amide bonds. The molecule has 3 rings (SSSR count). The average molecular weight is 228 g/mol. The highest BCUT2D eigenvalue weighted by Gasteiger charge is 2.21. The van der Waals surface area contributed by atoms with Gasteiger partial charge in [-0.3, -0.25) is 0 Å². The molecule has 0 saturated carbocycles. The molecule has 1 aliphatic rings. The smallest absolute Gasteiger partial charge is 0.0815 e. The number of rotatable bonds is 2. The lowest BCUT2D eigenvalue weighted by atomic mass is 10.2. The van der Waals surface area contributed by atoms with Crippen molar-refractivity contribution in [3.63, 3.8) is 0 Å². The molecule has 0 unspecified atom stereocenters. The van der Waals surface area contributed by atoms with Crippen molar-refractivity contribution in [2.75, 3.05) is 0 Å². The molecule has 0 atom stereocenters. The van der Waals surface area contributed by atoms with Crippen LogP contribution in [0.5, 0.6) is 0 Å². The molecule has 4 nitrogen and oxygen atoms in total. The fourth-order valence-corrected chi connectivity index (χ4v) is 2.37. The summed E-state index contributed by atoms with van der Waals surface area (Å²) in [5, 5.41) is 7.95. The molecule has 0 bridgehead atoms. The molecule has 0 fully saturated rings. The SMILES string of the molecule is Cc1cccc(-n2nc3c(c2CN)CNC3)c1. The molecule has 2 aromatic rings. The van der Waals surface area contributed by atoms with Gasteiger partial charge >= 0.3 is 0 Å². The maximum absolute atomic E-state index is 5.85. The van der Waals surface area contributed by atoms with Crippen molar-refractivity contribution in [3.8, 4) is 5.69 Å². The first-order valence-corrected chi connectivity index (χ1v) is 5.87. The molecule has 0 saturated heterocycles. The molecule has 0 radical (unpaired) electrons. The van der Waals surface area contributed by atoms with Crippen LogP contribution in [0.3, 0.4) is 0 Å². The van der Waals surface area contributed by atoms with E-state index in [9.17, 15) is 0 Å². The summed E-state index contributed by atoms with van der Waals surface area (Å²) in [4.78, 5) is 0. The number of aromatic nitrogens is 2. The van der Waals surface area contributed by atoms with Gasteiger partial charge in [0.2, 0.25) is 0 Å². The predicted octanol–water partition coefficient (Wildman–Crippen LogP) is 1.24. The topological polar surface area (TPSA) is 55.9 Å². The highest BCUT2D eigenvalue weighted by molar-refractivity contribution is 5.40. The summed E-state index contributed by atoms with van der Waals surface area (Å²) in [5.41, 5.74) is 11.7. The van der Waals surface area contributed by atoms with Gasteiger partial charge in [0.25, 0.3) is 0 Å². The molecule has 3 N–H and O–H groups in total. The molecular formula is C13H16N4. The van der Waals surface area contributed by atoms with Crippen LogP contribution in [0.4, 0.5) is 0 Å². The Balaban J connectivity index is 2.15. The van der Waals surface area contributed by atoms with E-state index in [0.717, 1.165) is 30.2 Å². The van der Waals surface area contributed by atoms with Gasteiger partial charge in [-0.25, -0.2) is 4.68 Å². The Morgan fingerprint density at radius 1 is 1.41 bits per heavy atom. The van der Waals surface area contributed by atoms with Gasteiger partial charge in [-0.1, -0.05) is 12.1 Å². The van der Waals surface area contributed by atoms with Gasteiger partial charge in [0.15, 0.2) is 0 Å². The first kappa shape index (κ1) is 10.5. The maximum atomic E-state index is 5.85. The van der Waals surface area contributed by atoms with Crippen molar-refractivity contribution in [1.82, 2.24) is 15.1 Å². The van der Waals surface area contributed by atoms with E-state index in [1.807, 2.05) is 4.68 Å². The molecule has 2 heterocycles. The fraction of sp³-hybridized carbons (Fsp3) is 0.308. The first-order chi connectivity index (χ1) is 8.29. The van der Waals surface area contributed by atoms with E-state index in [2.05, 4.69) is 41.6 Å². The van der Waals surface area contributed by atoms with Gasteiger partial charge in [-0.05, 0) is 24.6 Å². The minimum absolute atomic E-state index is 0.526. The van der Waals surface area contributed by atoms with Gasteiger partial charge < -0.3 is 11.1 Å². The Bertz CT molecular complexity index is 557. The minimum atomic E-state index is 0.526. The van der Waals surface area contributed by atoms with E-state index < -0.39 is 0 Å². The number of benzene rings is 1. The van der Waals surface area contributed by atoms with E-state index in [1.165, 1.54) is 11.1 Å². The van der Waals surface area contributed by atoms with Gasteiger partial charge in [0.1, 0.15) is 0 Å². The van der Waals surface area contributed by atoms with Gasteiger partial charge in [0.05, 0.1) is 17.1 Å². The first-order valence-electron chi connectivity index (χ1n) is 5.87. The second-order valence-electron chi connectivity index (χ2n) is 4.43. The number of nitrogens with one attached hydrogen (secondary N) is 1. The Morgan fingerprint density at radius 2 is 2.29 bits per heavy atom. The van der Waals surface area contributed by atoms with Crippen LogP contribution in [-0.2, 0) is 19.6 Å². The highest BCUT2D eigenvalue weighted by atomic mass is 15.3. The highest BCUT2D eigenvalue weighted by Crippen LogP contribution is 2.22. The Kier molecular flexibility index (Phi) is 2.46. The van der Waals surface area contributed by atoms with Crippen LogP contribution >= 0.6 is 0 Å². The van der Waals surface area contributed by atoms with Crippen molar-refractivity contribution < 1.29 is 0 Å². The summed E-state index contributed by atoms with van der Waals surface area (Å²) < 4.78 is 1.98. The van der Waals surface area contributed by atoms with E-state index in [1.54, 1.807) is 0 Å². The maximum Gasteiger partial charge on any atom is 0.0815 e. The summed E-state index contributed by atoms with van der Waals surface area (Å²) in [6, 6.07) is 8.34. The lowest BCUT2D eigenvalue weighted by Gasteiger charge is -2.08. The molecule has 0 aliphatic carbocycles. The molecule has 1 aromatic heterocycles. The third kappa shape index (κ3) is 1.66. The van der Waals surface area contributed by atoms with Crippen LogP contribution in [-0.4, -0.2) is 9.78 Å². The van der Waals surface area contributed by atoms with Crippen molar-refractivity contribution in [2.24, 2.45) is 5.73 Å².